The van der Waals surface area contributed by atoms with Crippen LogP contribution in [-0.2, 0) is 6.54 Å². The zero-order valence-electron chi connectivity index (χ0n) is 8.88. The van der Waals surface area contributed by atoms with E-state index >= 15 is 0 Å². The fraction of sp³-hybridized carbons (Fsp3) is 0.364. The van der Waals surface area contributed by atoms with Gasteiger partial charge in [0.25, 0.3) is 0 Å². The number of benzene rings is 1. The number of aliphatic hydroxyl groups is 1. The third kappa shape index (κ3) is 1.32. The molecule has 0 aliphatic carbocycles. The van der Waals surface area contributed by atoms with Crippen molar-refractivity contribution in [2.45, 2.75) is 19.6 Å². The molecule has 0 amide bonds. The van der Waals surface area contributed by atoms with Crippen LogP contribution in [0.15, 0.2) is 18.3 Å². The third-order valence-corrected chi connectivity index (χ3v) is 2.58. The van der Waals surface area contributed by atoms with Gasteiger partial charge in [-0.15, -0.1) is 0 Å². The minimum absolute atomic E-state index is 0.244. The largest absolute Gasteiger partial charge is 0.454 e. The smallest absolute Gasteiger partial charge is 0.231 e. The maximum atomic E-state index is 9.40. The number of hydrogen-bond donors (Lipinski definition) is 1. The number of aromatic nitrogens is 2. The first-order valence-corrected chi connectivity index (χ1v) is 5.18. The summed E-state index contributed by atoms with van der Waals surface area (Å²) in [5.74, 6) is 1.45. The summed E-state index contributed by atoms with van der Waals surface area (Å²) in [7, 11) is 0. The zero-order valence-corrected chi connectivity index (χ0v) is 8.88. The van der Waals surface area contributed by atoms with E-state index < -0.39 is 6.10 Å². The van der Waals surface area contributed by atoms with Crippen molar-refractivity contribution in [1.29, 1.82) is 0 Å². The Balaban J connectivity index is 2.20. The maximum Gasteiger partial charge on any atom is 0.231 e. The van der Waals surface area contributed by atoms with Gasteiger partial charge in [-0.1, -0.05) is 0 Å². The Labute approximate surface area is 92.2 Å². The number of hydrogen-bond acceptors (Lipinski definition) is 4. The highest BCUT2D eigenvalue weighted by atomic mass is 16.7. The Morgan fingerprint density at radius 3 is 3.19 bits per heavy atom. The lowest BCUT2D eigenvalue weighted by molar-refractivity contribution is 0.168. The lowest BCUT2D eigenvalue weighted by Crippen LogP contribution is -2.12. The van der Waals surface area contributed by atoms with Crippen molar-refractivity contribution >= 4 is 10.9 Å². The van der Waals surface area contributed by atoms with Gasteiger partial charge >= 0.3 is 0 Å². The van der Waals surface area contributed by atoms with Gasteiger partial charge in [0.2, 0.25) is 6.79 Å². The van der Waals surface area contributed by atoms with Gasteiger partial charge in [0.05, 0.1) is 18.8 Å². The predicted molar refractivity (Wildman–Crippen MR) is 57.5 cm³/mol. The third-order valence-electron chi connectivity index (χ3n) is 2.58. The average molecular weight is 220 g/mol. The maximum absolute atomic E-state index is 9.40. The summed E-state index contributed by atoms with van der Waals surface area (Å²) in [6.07, 6.45) is 1.32. The standard InChI is InChI=1S/C11H12N2O3/c1-7(14)5-13-10-8(4-12-13)2-3-9-11(10)16-6-15-9/h2-4,7,14H,5-6H2,1H3. The molecule has 1 aromatic carbocycles. The summed E-state index contributed by atoms with van der Waals surface area (Å²) in [6, 6.07) is 3.81. The highest BCUT2D eigenvalue weighted by Crippen LogP contribution is 2.38. The van der Waals surface area contributed by atoms with Gasteiger partial charge in [0.15, 0.2) is 11.5 Å². The number of rotatable bonds is 2. The summed E-state index contributed by atoms with van der Waals surface area (Å²) >= 11 is 0. The minimum Gasteiger partial charge on any atom is -0.454 e. The summed E-state index contributed by atoms with van der Waals surface area (Å²) in [5, 5.41) is 14.6. The van der Waals surface area contributed by atoms with Crippen LogP contribution >= 0.6 is 0 Å². The summed E-state index contributed by atoms with van der Waals surface area (Å²) < 4.78 is 12.5. The zero-order chi connectivity index (χ0) is 11.1. The van der Waals surface area contributed by atoms with Gasteiger partial charge in [0, 0.05) is 5.39 Å². The Bertz CT molecular complexity index is 533. The van der Waals surface area contributed by atoms with Crippen LogP contribution in [-0.4, -0.2) is 27.8 Å². The molecule has 16 heavy (non-hydrogen) atoms. The van der Waals surface area contributed by atoms with Gasteiger partial charge in [0.1, 0.15) is 5.52 Å². The quantitative estimate of drug-likeness (QED) is 0.824. The molecule has 5 heteroatoms. The van der Waals surface area contributed by atoms with E-state index in [0.29, 0.717) is 6.54 Å². The highest BCUT2D eigenvalue weighted by molar-refractivity contribution is 5.87. The molecule has 1 aliphatic rings. The van der Waals surface area contributed by atoms with Gasteiger partial charge < -0.3 is 14.6 Å². The molecule has 0 fully saturated rings. The first-order chi connectivity index (χ1) is 7.75. The molecule has 84 valence electrons. The van der Waals surface area contributed by atoms with Crippen LogP contribution in [0.2, 0.25) is 0 Å². The van der Waals surface area contributed by atoms with Crippen LogP contribution in [0.3, 0.4) is 0 Å². The van der Waals surface area contributed by atoms with Crippen molar-refractivity contribution < 1.29 is 14.6 Å². The van der Waals surface area contributed by atoms with E-state index in [0.717, 1.165) is 22.4 Å². The molecule has 2 heterocycles. The first kappa shape index (κ1) is 9.47. The number of fused-ring (bicyclic) bond motifs is 3. The second kappa shape index (κ2) is 3.38. The molecule has 1 aliphatic heterocycles. The van der Waals surface area contributed by atoms with E-state index in [2.05, 4.69) is 5.10 Å². The van der Waals surface area contributed by atoms with E-state index in [-0.39, 0.29) is 6.79 Å². The molecule has 1 aromatic heterocycles. The molecule has 0 saturated carbocycles. The fourth-order valence-electron chi connectivity index (χ4n) is 1.92. The van der Waals surface area contributed by atoms with Crippen molar-refractivity contribution in [2.24, 2.45) is 0 Å². The molecule has 5 nitrogen and oxygen atoms in total. The molecular weight excluding hydrogens is 208 g/mol. The molecule has 0 spiro atoms. The SMILES string of the molecule is CC(O)Cn1ncc2ccc3c(c21)OCO3. The highest BCUT2D eigenvalue weighted by Gasteiger charge is 2.20. The van der Waals surface area contributed by atoms with Crippen molar-refractivity contribution in [3.8, 4) is 11.5 Å². The first-order valence-electron chi connectivity index (χ1n) is 5.18. The van der Waals surface area contributed by atoms with Gasteiger partial charge in [-0.3, -0.25) is 4.68 Å². The molecule has 1 N–H and O–H groups in total. The second-order valence-corrected chi connectivity index (χ2v) is 3.91. The Hall–Kier alpha value is -1.75. The number of aliphatic hydroxyl groups excluding tert-OH is 1. The normalized spacial score (nSPS) is 15.6. The molecule has 0 bridgehead atoms. The summed E-state index contributed by atoms with van der Waals surface area (Å²) in [5.41, 5.74) is 0.885. The molecule has 0 radical (unpaired) electrons. The number of ether oxygens (including phenoxy) is 2. The average Bonchev–Trinajstić information content (AvgIpc) is 2.82. The fourth-order valence-corrected chi connectivity index (χ4v) is 1.92. The van der Waals surface area contributed by atoms with Crippen LogP contribution in [0.25, 0.3) is 10.9 Å². The minimum atomic E-state index is -0.443. The monoisotopic (exact) mass is 220 g/mol. The van der Waals surface area contributed by atoms with E-state index in [9.17, 15) is 5.11 Å². The van der Waals surface area contributed by atoms with E-state index in [1.165, 1.54) is 0 Å². The predicted octanol–water partition coefficient (Wildman–Crippen LogP) is 1.15. The van der Waals surface area contributed by atoms with Crippen LogP contribution in [0.4, 0.5) is 0 Å². The second-order valence-electron chi connectivity index (χ2n) is 3.91. The summed E-state index contributed by atoms with van der Waals surface area (Å²) in [4.78, 5) is 0. The van der Waals surface area contributed by atoms with Gasteiger partial charge in [-0.05, 0) is 19.1 Å². The van der Waals surface area contributed by atoms with Crippen LogP contribution < -0.4 is 9.47 Å². The molecule has 0 saturated heterocycles. The summed E-state index contributed by atoms with van der Waals surface area (Å²) in [6.45, 7) is 2.42. The van der Waals surface area contributed by atoms with E-state index in [1.54, 1.807) is 17.8 Å². The molecule has 1 unspecified atom stereocenters. The Morgan fingerprint density at radius 2 is 2.38 bits per heavy atom. The molecule has 2 aromatic rings. The van der Waals surface area contributed by atoms with Crippen LogP contribution in [0, 0.1) is 0 Å². The van der Waals surface area contributed by atoms with Gasteiger partial charge in [-0.2, -0.15) is 5.10 Å². The van der Waals surface area contributed by atoms with Crippen LogP contribution in [0.5, 0.6) is 11.5 Å². The lowest BCUT2D eigenvalue weighted by Gasteiger charge is -2.07. The lowest BCUT2D eigenvalue weighted by atomic mass is 10.2. The van der Waals surface area contributed by atoms with E-state index in [1.807, 2.05) is 12.1 Å². The van der Waals surface area contributed by atoms with Crippen molar-refractivity contribution in [3.05, 3.63) is 18.3 Å². The topological polar surface area (TPSA) is 56.5 Å². The number of nitrogens with zero attached hydrogens (tertiary/aromatic N) is 2. The van der Waals surface area contributed by atoms with Crippen molar-refractivity contribution in [1.82, 2.24) is 9.78 Å². The molecule has 1 atom stereocenters. The van der Waals surface area contributed by atoms with Crippen molar-refractivity contribution in [3.63, 3.8) is 0 Å². The van der Waals surface area contributed by atoms with E-state index in [4.69, 9.17) is 9.47 Å². The van der Waals surface area contributed by atoms with Crippen molar-refractivity contribution in [2.75, 3.05) is 6.79 Å². The molecular formula is C11H12N2O3. The Morgan fingerprint density at radius 1 is 1.50 bits per heavy atom. The molecule has 3 rings (SSSR count). The Kier molecular flexibility index (Phi) is 2.00. The van der Waals surface area contributed by atoms with Crippen LogP contribution in [0.1, 0.15) is 6.92 Å². The van der Waals surface area contributed by atoms with Gasteiger partial charge in [-0.25, -0.2) is 0 Å².